The molecule has 0 aromatic heterocycles. The van der Waals surface area contributed by atoms with E-state index in [1.165, 1.54) is 0 Å². The molecule has 0 spiro atoms. The van der Waals surface area contributed by atoms with Crippen molar-refractivity contribution in [1.29, 1.82) is 0 Å². The summed E-state index contributed by atoms with van der Waals surface area (Å²) in [6, 6.07) is 12.7. The first-order chi connectivity index (χ1) is 9.10. The van der Waals surface area contributed by atoms with Gasteiger partial charge in [-0.25, -0.2) is 0 Å². The number of hydrogen-bond donors (Lipinski definition) is 0. The molecule has 0 radical (unpaired) electrons. The van der Waals surface area contributed by atoms with Crippen LogP contribution in [-0.4, -0.2) is 12.9 Å². The van der Waals surface area contributed by atoms with Crippen LogP contribution >= 0.6 is 27.5 Å². The topological polar surface area (TPSA) is 26.3 Å². The summed E-state index contributed by atoms with van der Waals surface area (Å²) in [6.45, 7) is 0. The Morgan fingerprint density at radius 1 is 1.21 bits per heavy atom. The highest BCUT2D eigenvalue weighted by Gasteiger charge is 2.09. The fourth-order valence-corrected chi connectivity index (χ4v) is 2.13. The zero-order valence-electron chi connectivity index (χ0n) is 10.3. The maximum Gasteiger partial charge on any atom is 0.167 e. The van der Waals surface area contributed by atoms with E-state index in [9.17, 15) is 4.79 Å². The monoisotopic (exact) mass is 338 g/mol. The molecule has 0 atom stereocenters. The molecule has 2 nitrogen and oxygen atoms in total. The van der Waals surface area contributed by atoms with Crippen LogP contribution in [0.5, 0.6) is 5.75 Å². The minimum atomic E-state index is 0.0413. The van der Waals surface area contributed by atoms with Gasteiger partial charge in [-0.05, 0) is 45.8 Å². The number of halogens is 2. The van der Waals surface area contributed by atoms with Gasteiger partial charge in [-0.2, -0.15) is 0 Å². The zero-order chi connectivity index (χ0) is 13.8. The molecular weight excluding hydrogens is 328 g/mol. The van der Waals surface area contributed by atoms with Gasteiger partial charge >= 0.3 is 0 Å². The Morgan fingerprint density at radius 3 is 2.47 bits per heavy atom. The predicted molar refractivity (Wildman–Crippen MR) is 80.2 cm³/mol. The van der Waals surface area contributed by atoms with E-state index in [0.717, 1.165) is 15.8 Å². The lowest BCUT2D eigenvalue weighted by Crippen LogP contribution is -2.03. The van der Waals surface area contributed by atoms with E-state index in [-0.39, 0.29) is 5.78 Å². The number of benzene rings is 2. The molecule has 0 saturated heterocycles. The summed E-state index contributed by atoms with van der Waals surface area (Å²) in [6.07, 6.45) is 0.349. The summed E-state index contributed by atoms with van der Waals surface area (Å²) < 4.78 is 5.87. The van der Waals surface area contributed by atoms with Crippen molar-refractivity contribution in [2.45, 2.75) is 6.42 Å². The highest BCUT2D eigenvalue weighted by atomic mass is 79.9. The van der Waals surface area contributed by atoms with E-state index in [4.69, 9.17) is 16.3 Å². The van der Waals surface area contributed by atoms with Gasteiger partial charge in [0.25, 0.3) is 0 Å². The van der Waals surface area contributed by atoms with Gasteiger partial charge in [-0.15, -0.1) is 0 Å². The van der Waals surface area contributed by atoms with Gasteiger partial charge in [0.2, 0.25) is 0 Å². The van der Waals surface area contributed by atoms with Crippen molar-refractivity contribution >= 4 is 33.3 Å². The number of methoxy groups -OCH3 is 1. The minimum Gasteiger partial charge on any atom is -0.497 e. The van der Waals surface area contributed by atoms with E-state index >= 15 is 0 Å². The number of rotatable bonds is 4. The summed E-state index contributed by atoms with van der Waals surface area (Å²) in [5.41, 5.74) is 1.56. The van der Waals surface area contributed by atoms with E-state index in [0.29, 0.717) is 17.0 Å². The molecule has 0 saturated carbocycles. The first-order valence-electron chi connectivity index (χ1n) is 5.71. The standard InChI is InChI=1S/C15H12BrClO2/c1-19-12-5-2-10(3-6-12)8-15(18)11-4-7-13(16)14(17)9-11/h2-7,9H,8H2,1H3. The Balaban J connectivity index is 2.13. The first-order valence-corrected chi connectivity index (χ1v) is 6.88. The fraction of sp³-hybridized carbons (Fsp3) is 0.133. The number of ether oxygens (including phenoxy) is 1. The fourth-order valence-electron chi connectivity index (χ4n) is 1.70. The molecule has 0 aliphatic carbocycles. The van der Waals surface area contributed by atoms with E-state index < -0.39 is 0 Å². The van der Waals surface area contributed by atoms with Gasteiger partial charge in [-0.1, -0.05) is 29.8 Å². The maximum absolute atomic E-state index is 12.1. The van der Waals surface area contributed by atoms with Crippen molar-refractivity contribution in [3.8, 4) is 5.75 Å². The third-order valence-electron chi connectivity index (χ3n) is 2.77. The van der Waals surface area contributed by atoms with Crippen molar-refractivity contribution in [1.82, 2.24) is 0 Å². The second kappa shape index (κ2) is 6.22. The smallest absolute Gasteiger partial charge is 0.167 e. The van der Waals surface area contributed by atoms with Gasteiger partial charge in [0.1, 0.15) is 5.75 Å². The van der Waals surface area contributed by atoms with Crippen LogP contribution in [-0.2, 0) is 6.42 Å². The largest absolute Gasteiger partial charge is 0.497 e. The lowest BCUT2D eigenvalue weighted by atomic mass is 10.0. The van der Waals surface area contributed by atoms with Crippen molar-refractivity contribution in [2.75, 3.05) is 7.11 Å². The SMILES string of the molecule is COc1ccc(CC(=O)c2ccc(Br)c(Cl)c2)cc1. The molecule has 0 unspecified atom stereocenters. The van der Waals surface area contributed by atoms with Gasteiger partial charge in [0.05, 0.1) is 12.1 Å². The zero-order valence-corrected chi connectivity index (χ0v) is 12.7. The summed E-state index contributed by atoms with van der Waals surface area (Å²) in [7, 11) is 1.62. The maximum atomic E-state index is 12.1. The summed E-state index contributed by atoms with van der Waals surface area (Å²) in [4.78, 5) is 12.1. The molecule has 0 aliphatic heterocycles. The molecule has 0 N–H and O–H groups in total. The average molecular weight is 340 g/mol. The molecule has 4 heteroatoms. The molecule has 2 aromatic rings. The van der Waals surface area contributed by atoms with Crippen LogP contribution in [0.25, 0.3) is 0 Å². The van der Waals surface area contributed by atoms with Crippen LogP contribution < -0.4 is 4.74 Å². The molecular formula is C15H12BrClO2. The highest BCUT2D eigenvalue weighted by Crippen LogP contribution is 2.24. The average Bonchev–Trinajstić information content (AvgIpc) is 2.42. The third kappa shape index (κ3) is 3.58. The van der Waals surface area contributed by atoms with Crippen molar-refractivity contribution in [2.24, 2.45) is 0 Å². The quantitative estimate of drug-likeness (QED) is 0.765. The first kappa shape index (κ1) is 14.1. The summed E-state index contributed by atoms with van der Waals surface area (Å²) in [5.74, 6) is 0.822. The number of hydrogen-bond acceptors (Lipinski definition) is 2. The second-order valence-electron chi connectivity index (χ2n) is 4.08. The van der Waals surface area contributed by atoms with E-state index in [2.05, 4.69) is 15.9 Å². The van der Waals surface area contributed by atoms with E-state index in [1.54, 1.807) is 25.3 Å². The Labute approximate surface area is 125 Å². The summed E-state index contributed by atoms with van der Waals surface area (Å²) in [5, 5.41) is 0.542. The molecule has 19 heavy (non-hydrogen) atoms. The van der Waals surface area contributed by atoms with E-state index in [1.807, 2.05) is 24.3 Å². The molecule has 0 fully saturated rings. The van der Waals surface area contributed by atoms with Crippen LogP contribution in [0.3, 0.4) is 0 Å². The lowest BCUT2D eigenvalue weighted by Gasteiger charge is -2.04. The molecule has 2 aromatic carbocycles. The Hall–Kier alpha value is -1.32. The van der Waals surface area contributed by atoms with Crippen LogP contribution in [0.15, 0.2) is 46.9 Å². The number of ketones is 1. The van der Waals surface area contributed by atoms with Crippen LogP contribution in [0.4, 0.5) is 0 Å². The Bertz CT molecular complexity index is 594. The lowest BCUT2D eigenvalue weighted by molar-refractivity contribution is 0.0993. The Kier molecular flexibility index (Phi) is 4.61. The highest BCUT2D eigenvalue weighted by molar-refractivity contribution is 9.10. The van der Waals surface area contributed by atoms with Crippen molar-refractivity contribution < 1.29 is 9.53 Å². The second-order valence-corrected chi connectivity index (χ2v) is 5.34. The molecule has 2 rings (SSSR count). The van der Waals surface area contributed by atoms with Gasteiger partial charge < -0.3 is 4.74 Å². The number of carbonyl (C=O) groups is 1. The molecule has 0 aliphatic rings. The van der Waals surface area contributed by atoms with Crippen LogP contribution in [0, 0.1) is 0 Å². The van der Waals surface area contributed by atoms with Crippen LogP contribution in [0.2, 0.25) is 5.02 Å². The number of carbonyl (C=O) groups excluding carboxylic acids is 1. The van der Waals surface area contributed by atoms with Gasteiger partial charge in [0, 0.05) is 16.5 Å². The summed E-state index contributed by atoms with van der Waals surface area (Å²) >= 11 is 9.29. The van der Waals surface area contributed by atoms with Gasteiger partial charge in [-0.3, -0.25) is 4.79 Å². The number of Topliss-reactive ketones (excluding diaryl/α,β-unsaturated/α-hetero) is 1. The predicted octanol–water partition coefficient (Wildman–Crippen LogP) is 4.54. The molecule has 0 amide bonds. The van der Waals surface area contributed by atoms with Crippen molar-refractivity contribution in [3.63, 3.8) is 0 Å². The molecule has 0 bridgehead atoms. The van der Waals surface area contributed by atoms with Crippen molar-refractivity contribution in [3.05, 3.63) is 63.1 Å². The normalized spacial score (nSPS) is 10.3. The van der Waals surface area contributed by atoms with Crippen LogP contribution in [0.1, 0.15) is 15.9 Å². The third-order valence-corrected chi connectivity index (χ3v) is 4.00. The minimum absolute atomic E-state index is 0.0413. The molecule has 98 valence electrons. The molecule has 0 heterocycles. The van der Waals surface area contributed by atoms with Gasteiger partial charge in [0.15, 0.2) is 5.78 Å². The Morgan fingerprint density at radius 2 is 1.89 bits per heavy atom.